The summed E-state index contributed by atoms with van der Waals surface area (Å²) in [6.07, 6.45) is 4.19. The molecule has 1 unspecified atom stereocenters. The quantitative estimate of drug-likeness (QED) is 0.446. The molecule has 0 amide bonds. The van der Waals surface area contributed by atoms with Gasteiger partial charge < -0.3 is 4.74 Å². The van der Waals surface area contributed by atoms with E-state index in [1.54, 1.807) is 0 Å². The molecule has 1 fully saturated rings. The Morgan fingerprint density at radius 1 is 1.60 bits per heavy atom. The minimum absolute atomic E-state index is 0.475. The minimum atomic E-state index is 0.475. The number of hydrogen-bond acceptors (Lipinski definition) is 1. The molecule has 0 N–H and O–H groups in total. The second-order valence-corrected chi connectivity index (χ2v) is 3.33. The van der Waals surface area contributed by atoms with Gasteiger partial charge in [0.2, 0.25) is 0 Å². The highest BCUT2D eigenvalue weighted by atomic mass is 35.5. The summed E-state index contributed by atoms with van der Waals surface area (Å²) >= 11 is 5.50. The van der Waals surface area contributed by atoms with Crippen LogP contribution in [0, 0.1) is 5.92 Å². The van der Waals surface area contributed by atoms with Crippen LogP contribution in [0.25, 0.3) is 0 Å². The summed E-state index contributed by atoms with van der Waals surface area (Å²) in [4.78, 5) is 0. The highest BCUT2D eigenvalue weighted by molar-refractivity contribution is 6.17. The Kier molecular flexibility index (Phi) is 3.50. The lowest BCUT2D eigenvalue weighted by Gasteiger charge is -2.10. The van der Waals surface area contributed by atoms with Crippen molar-refractivity contribution in [2.24, 2.45) is 5.92 Å². The lowest BCUT2D eigenvalue weighted by molar-refractivity contribution is 0.0521. The van der Waals surface area contributed by atoms with Crippen LogP contribution in [-0.4, -0.2) is 18.6 Å². The van der Waals surface area contributed by atoms with Crippen molar-refractivity contribution in [2.75, 3.05) is 12.5 Å². The smallest absolute Gasteiger partial charge is 0.0575 e. The van der Waals surface area contributed by atoms with Gasteiger partial charge in [0.05, 0.1) is 6.10 Å². The zero-order valence-corrected chi connectivity index (χ0v) is 7.23. The highest BCUT2D eigenvalue weighted by Gasteiger charge is 2.28. The van der Waals surface area contributed by atoms with Gasteiger partial charge in [-0.1, -0.05) is 0 Å². The molecule has 0 heterocycles. The van der Waals surface area contributed by atoms with Gasteiger partial charge in [-0.15, -0.1) is 11.6 Å². The molecule has 1 saturated carbocycles. The summed E-state index contributed by atoms with van der Waals surface area (Å²) in [5.41, 5.74) is 0. The first kappa shape index (κ1) is 8.35. The zero-order chi connectivity index (χ0) is 7.40. The zero-order valence-electron chi connectivity index (χ0n) is 6.48. The van der Waals surface area contributed by atoms with Gasteiger partial charge in [-0.3, -0.25) is 0 Å². The molecule has 0 bridgehead atoms. The first-order valence-electron chi connectivity index (χ1n) is 4.02. The third-order valence-corrected chi connectivity index (χ3v) is 2.21. The average Bonchev–Trinajstić information content (AvgIpc) is 2.69. The second kappa shape index (κ2) is 4.20. The first-order valence-corrected chi connectivity index (χ1v) is 4.55. The Morgan fingerprint density at radius 2 is 2.30 bits per heavy atom. The molecule has 60 valence electrons. The van der Waals surface area contributed by atoms with Crippen LogP contribution in [-0.2, 0) is 4.74 Å². The average molecular weight is 163 g/mol. The van der Waals surface area contributed by atoms with Gasteiger partial charge in [0.15, 0.2) is 0 Å². The van der Waals surface area contributed by atoms with Crippen molar-refractivity contribution >= 4 is 11.6 Å². The van der Waals surface area contributed by atoms with E-state index in [9.17, 15) is 0 Å². The summed E-state index contributed by atoms with van der Waals surface area (Å²) < 4.78 is 5.52. The topological polar surface area (TPSA) is 9.23 Å². The van der Waals surface area contributed by atoms with Crippen molar-refractivity contribution in [3.63, 3.8) is 0 Å². The molecule has 1 nitrogen and oxygen atoms in total. The van der Waals surface area contributed by atoms with E-state index in [1.807, 2.05) is 0 Å². The monoisotopic (exact) mass is 162 g/mol. The molecular formula is C8H15ClO. The van der Waals surface area contributed by atoms with E-state index in [4.69, 9.17) is 16.3 Å². The largest absolute Gasteiger partial charge is 0.378 e. The van der Waals surface area contributed by atoms with Crippen LogP contribution in [0.5, 0.6) is 0 Å². The molecule has 1 aliphatic carbocycles. The maximum absolute atomic E-state index is 5.52. The van der Waals surface area contributed by atoms with Gasteiger partial charge in [0.1, 0.15) is 0 Å². The summed E-state index contributed by atoms with van der Waals surface area (Å²) in [6, 6.07) is 0. The van der Waals surface area contributed by atoms with Crippen LogP contribution in [0.2, 0.25) is 0 Å². The maximum atomic E-state index is 5.52. The van der Waals surface area contributed by atoms with Crippen molar-refractivity contribution in [1.29, 1.82) is 0 Å². The molecule has 2 heteroatoms. The van der Waals surface area contributed by atoms with E-state index in [0.29, 0.717) is 6.10 Å². The van der Waals surface area contributed by atoms with Crippen LogP contribution in [0.1, 0.15) is 26.2 Å². The lowest BCUT2D eigenvalue weighted by Crippen LogP contribution is -2.11. The summed E-state index contributed by atoms with van der Waals surface area (Å²) in [5, 5.41) is 0. The third kappa shape index (κ3) is 2.89. The van der Waals surface area contributed by atoms with Gasteiger partial charge in [0.25, 0.3) is 0 Å². The molecule has 0 spiro atoms. The molecule has 0 aromatic heterocycles. The summed E-state index contributed by atoms with van der Waals surface area (Å²) in [6.45, 7) is 2.99. The molecule has 1 atom stereocenters. The normalized spacial score (nSPS) is 21.0. The maximum Gasteiger partial charge on any atom is 0.0575 e. The molecule has 1 aliphatic rings. The second-order valence-electron chi connectivity index (χ2n) is 2.96. The standard InChI is InChI=1S/C8H15ClO/c1-7(8-3-4-8)10-6-2-5-9/h7-8H,2-6H2,1H3. The third-order valence-electron chi connectivity index (χ3n) is 1.94. The highest BCUT2D eigenvalue weighted by Crippen LogP contribution is 2.33. The number of ether oxygens (including phenoxy) is 1. The number of hydrogen-bond donors (Lipinski definition) is 0. The molecule has 0 aromatic carbocycles. The Bertz CT molecular complexity index is 91.3. The molecule has 0 aliphatic heterocycles. The molecule has 1 rings (SSSR count). The van der Waals surface area contributed by atoms with E-state index in [1.165, 1.54) is 12.8 Å². The van der Waals surface area contributed by atoms with Crippen molar-refractivity contribution in [3.8, 4) is 0 Å². The van der Waals surface area contributed by atoms with Crippen molar-refractivity contribution < 1.29 is 4.74 Å². The predicted molar refractivity (Wildman–Crippen MR) is 43.5 cm³/mol. The molecular weight excluding hydrogens is 148 g/mol. The Balaban J connectivity index is 1.90. The van der Waals surface area contributed by atoms with Gasteiger partial charge in [-0.25, -0.2) is 0 Å². The predicted octanol–water partition coefficient (Wildman–Crippen LogP) is 2.43. The van der Waals surface area contributed by atoms with Crippen LogP contribution in [0.15, 0.2) is 0 Å². The van der Waals surface area contributed by atoms with E-state index in [2.05, 4.69) is 6.92 Å². The molecule has 0 saturated heterocycles. The van der Waals surface area contributed by atoms with Crippen LogP contribution >= 0.6 is 11.6 Å². The lowest BCUT2D eigenvalue weighted by atomic mass is 10.3. The fraction of sp³-hybridized carbons (Fsp3) is 1.00. The number of halogens is 1. The van der Waals surface area contributed by atoms with Crippen LogP contribution < -0.4 is 0 Å². The van der Waals surface area contributed by atoms with Gasteiger partial charge in [0, 0.05) is 12.5 Å². The Labute approximate surface area is 67.7 Å². The van der Waals surface area contributed by atoms with Gasteiger partial charge in [-0.05, 0) is 32.1 Å². The van der Waals surface area contributed by atoms with Crippen LogP contribution in [0.3, 0.4) is 0 Å². The number of alkyl halides is 1. The van der Waals surface area contributed by atoms with Gasteiger partial charge in [-0.2, -0.15) is 0 Å². The van der Waals surface area contributed by atoms with Crippen LogP contribution in [0.4, 0.5) is 0 Å². The van der Waals surface area contributed by atoms with E-state index in [0.717, 1.165) is 24.8 Å². The summed E-state index contributed by atoms with van der Waals surface area (Å²) in [5.74, 6) is 1.58. The molecule has 10 heavy (non-hydrogen) atoms. The van der Waals surface area contributed by atoms with E-state index in [-0.39, 0.29) is 0 Å². The fourth-order valence-corrected chi connectivity index (χ4v) is 1.13. The molecule has 0 aromatic rings. The van der Waals surface area contributed by atoms with Gasteiger partial charge >= 0.3 is 0 Å². The Hall–Kier alpha value is 0.250. The Morgan fingerprint density at radius 3 is 2.80 bits per heavy atom. The first-order chi connectivity index (χ1) is 4.84. The summed E-state index contributed by atoms with van der Waals surface area (Å²) in [7, 11) is 0. The SMILES string of the molecule is CC(OCCCCl)C1CC1. The van der Waals surface area contributed by atoms with E-state index >= 15 is 0 Å². The van der Waals surface area contributed by atoms with Crippen molar-refractivity contribution in [1.82, 2.24) is 0 Å². The number of rotatable bonds is 5. The fourth-order valence-electron chi connectivity index (χ4n) is 1.03. The molecule has 0 radical (unpaired) electrons. The van der Waals surface area contributed by atoms with E-state index < -0.39 is 0 Å². The van der Waals surface area contributed by atoms with Crippen molar-refractivity contribution in [3.05, 3.63) is 0 Å². The minimum Gasteiger partial charge on any atom is -0.378 e. The van der Waals surface area contributed by atoms with Crippen molar-refractivity contribution in [2.45, 2.75) is 32.3 Å².